The third kappa shape index (κ3) is 7.23. The van der Waals surface area contributed by atoms with Crippen LogP contribution in [0.15, 0.2) is 67.0 Å². The number of halogens is 5. The Kier molecular flexibility index (Phi) is 9.46. The van der Waals surface area contributed by atoms with E-state index in [2.05, 4.69) is 25.7 Å². The molecule has 262 valence electrons. The highest BCUT2D eigenvalue weighted by atomic mass is 35.5. The predicted molar refractivity (Wildman–Crippen MR) is 172 cm³/mol. The number of piperidine rings is 1. The van der Waals surface area contributed by atoms with Crippen molar-refractivity contribution >= 4 is 34.6 Å². The van der Waals surface area contributed by atoms with Crippen LogP contribution in [0.3, 0.4) is 0 Å². The lowest BCUT2D eigenvalue weighted by Gasteiger charge is -2.32. The SMILES string of the molecule is CC1(c2ccc(Cl)cc2F)Oc2cccc(C3CCN(Cc4nc5ccc(C(=O)O)cc5n4Cc4cn[nH]c4)CC3)c2O1.O=C(O)C(F)(F)F. The third-order valence-electron chi connectivity index (χ3n) is 8.64. The van der Waals surface area contributed by atoms with Gasteiger partial charge in [0.25, 0.3) is 5.79 Å². The van der Waals surface area contributed by atoms with Crippen LogP contribution in [0.5, 0.6) is 11.5 Å². The molecule has 1 fully saturated rings. The Morgan fingerprint density at radius 1 is 1.06 bits per heavy atom. The molecule has 2 aromatic heterocycles. The van der Waals surface area contributed by atoms with Crippen LogP contribution >= 0.6 is 11.6 Å². The molecule has 4 heterocycles. The van der Waals surface area contributed by atoms with Crippen molar-refractivity contribution in [1.29, 1.82) is 0 Å². The molecule has 3 N–H and O–H groups in total. The number of hydrogen-bond donors (Lipinski definition) is 3. The van der Waals surface area contributed by atoms with Crippen LogP contribution < -0.4 is 9.47 Å². The molecule has 11 nitrogen and oxygen atoms in total. The highest BCUT2D eigenvalue weighted by Crippen LogP contribution is 2.50. The standard InChI is InChI=1S/C32H29ClFN5O4.C2HF3O2/c1-32(24-7-6-22(33)14-25(24)34)42-28-4-2-3-23(30(28)43-32)20-9-11-38(12-10-20)18-29-37-26-8-5-21(31(40)41)13-27(26)39(29)17-19-15-35-36-16-19;3-2(4,5)1(6)7/h2-8,13-16,20H,9-12,17-18H2,1H3,(H,35,36)(H,40,41);(H,6,7). The zero-order chi connectivity index (χ0) is 35.8. The molecule has 0 saturated carbocycles. The first-order valence-corrected chi connectivity index (χ1v) is 15.8. The minimum atomic E-state index is -5.08. The molecule has 50 heavy (non-hydrogen) atoms. The Morgan fingerprint density at radius 3 is 2.44 bits per heavy atom. The number of likely N-dealkylation sites (tertiary alicyclic amines) is 1. The summed E-state index contributed by atoms with van der Waals surface area (Å²) in [6.45, 7) is 4.56. The molecule has 1 unspecified atom stereocenters. The molecular formula is C34H30ClF4N5O6. The van der Waals surface area contributed by atoms with Crippen LogP contribution in [0.4, 0.5) is 17.6 Å². The van der Waals surface area contributed by atoms with Crippen molar-refractivity contribution in [3.8, 4) is 11.5 Å². The van der Waals surface area contributed by atoms with Crippen LogP contribution in [0.2, 0.25) is 5.02 Å². The molecule has 1 atom stereocenters. The Bertz CT molecular complexity index is 2050. The summed E-state index contributed by atoms with van der Waals surface area (Å²) in [6, 6.07) is 15.4. The van der Waals surface area contributed by atoms with Crippen LogP contribution in [-0.2, 0) is 23.7 Å². The molecule has 5 aromatic rings. The second-order valence-corrected chi connectivity index (χ2v) is 12.5. The zero-order valence-corrected chi connectivity index (χ0v) is 27.1. The number of imidazole rings is 1. The monoisotopic (exact) mass is 715 g/mol. The number of carboxylic acid groups (broad SMARTS) is 2. The molecule has 0 spiro atoms. The quantitative estimate of drug-likeness (QED) is 0.153. The van der Waals surface area contributed by atoms with Crippen molar-refractivity contribution in [1.82, 2.24) is 24.6 Å². The van der Waals surface area contributed by atoms with Crippen LogP contribution in [0.25, 0.3) is 11.0 Å². The number of H-pyrrole nitrogens is 1. The van der Waals surface area contributed by atoms with Gasteiger partial charge in [-0.25, -0.2) is 19.0 Å². The topological polar surface area (TPSA) is 143 Å². The average molecular weight is 716 g/mol. The van der Waals surface area contributed by atoms with Gasteiger partial charge in [0.15, 0.2) is 11.5 Å². The van der Waals surface area contributed by atoms with E-state index >= 15 is 0 Å². The van der Waals surface area contributed by atoms with Gasteiger partial charge in [-0.15, -0.1) is 0 Å². The third-order valence-corrected chi connectivity index (χ3v) is 8.87. The fraction of sp³-hybridized carbons (Fsp3) is 0.294. The summed E-state index contributed by atoms with van der Waals surface area (Å²) in [6.07, 6.45) is 0.311. The van der Waals surface area contributed by atoms with Crippen molar-refractivity contribution in [2.45, 2.75) is 50.7 Å². The minimum absolute atomic E-state index is 0.227. The number of alkyl halides is 3. The summed E-state index contributed by atoms with van der Waals surface area (Å²) in [5.74, 6) is -3.11. The van der Waals surface area contributed by atoms with Gasteiger partial charge in [-0.2, -0.15) is 18.3 Å². The molecular weight excluding hydrogens is 686 g/mol. The number of aromatic amines is 1. The van der Waals surface area contributed by atoms with E-state index in [4.69, 9.17) is 36.0 Å². The van der Waals surface area contributed by atoms with E-state index in [0.717, 1.165) is 53.9 Å². The molecule has 1 saturated heterocycles. The summed E-state index contributed by atoms with van der Waals surface area (Å²) in [5.41, 5.74) is 4.10. The van der Waals surface area contributed by atoms with E-state index < -0.39 is 29.7 Å². The minimum Gasteiger partial charge on any atom is -0.478 e. The van der Waals surface area contributed by atoms with Crippen molar-refractivity contribution in [3.63, 3.8) is 0 Å². The van der Waals surface area contributed by atoms with Crippen molar-refractivity contribution in [3.05, 3.63) is 106 Å². The van der Waals surface area contributed by atoms with Gasteiger partial charge in [-0.05, 0) is 74.3 Å². The molecule has 0 aliphatic carbocycles. The Morgan fingerprint density at radius 2 is 1.80 bits per heavy atom. The van der Waals surface area contributed by atoms with Crippen LogP contribution in [0.1, 0.15) is 58.6 Å². The summed E-state index contributed by atoms with van der Waals surface area (Å²) in [5, 5.41) is 23.9. The number of hydrogen-bond acceptors (Lipinski definition) is 7. The maximum absolute atomic E-state index is 14.8. The van der Waals surface area contributed by atoms with Crippen LogP contribution in [0, 0.1) is 5.82 Å². The first-order valence-electron chi connectivity index (χ1n) is 15.4. The number of aromatic nitrogens is 4. The van der Waals surface area contributed by atoms with E-state index in [9.17, 15) is 27.5 Å². The lowest BCUT2D eigenvalue weighted by Crippen LogP contribution is -2.34. The molecule has 0 amide bonds. The van der Waals surface area contributed by atoms with E-state index in [-0.39, 0.29) is 11.5 Å². The highest BCUT2D eigenvalue weighted by Gasteiger charge is 2.43. The van der Waals surface area contributed by atoms with Gasteiger partial charge in [-0.1, -0.05) is 23.7 Å². The second-order valence-electron chi connectivity index (χ2n) is 12.0. The van der Waals surface area contributed by atoms with E-state index in [0.29, 0.717) is 35.2 Å². The van der Waals surface area contributed by atoms with Gasteiger partial charge in [0.2, 0.25) is 0 Å². The molecule has 0 radical (unpaired) electrons. The highest BCUT2D eigenvalue weighted by molar-refractivity contribution is 6.30. The normalized spacial score (nSPS) is 17.8. The maximum atomic E-state index is 14.8. The first-order chi connectivity index (χ1) is 23.7. The van der Waals surface area contributed by atoms with Gasteiger partial charge >= 0.3 is 18.1 Å². The largest absolute Gasteiger partial charge is 0.490 e. The number of rotatable bonds is 7. The van der Waals surface area contributed by atoms with Crippen molar-refractivity contribution in [2.24, 2.45) is 0 Å². The van der Waals surface area contributed by atoms with Crippen molar-refractivity contribution < 1.29 is 46.8 Å². The summed E-state index contributed by atoms with van der Waals surface area (Å²) in [4.78, 5) is 27.8. The number of nitrogens with one attached hydrogen (secondary N) is 1. The fourth-order valence-electron chi connectivity index (χ4n) is 6.19. The number of fused-ring (bicyclic) bond motifs is 2. The molecule has 7 rings (SSSR count). The molecule has 3 aromatic carbocycles. The number of benzene rings is 3. The number of carbonyl (C=O) groups is 2. The Balaban J connectivity index is 0.000000561. The predicted octanol–water partition coefficient (Wildman–Crippen LogP) is 6.96. The second kappa shape index (κ2) is 13.6. The Labute approximate surface area is 287 Å². The maximum Gasteiger partial charge on any atom is 0.490 e. The molecule has 2 aliphatic heterocycles. The number of carboxylic acids is 2. The lowest BCUT2D eigenvalue weighted by molar-refractivity contribution is -0.192. The number of para-hydroxylation sites is 1. The molecule has 2 aliphatic rings. The number of nitrogens with zero attached hydrogens (tertiary/aromatic N) is 4. The Hall–Kier alpha value is -5.15. The van der Waals surface area contributed by atoms with Crippen molar-refractivity contribution in [2.75, 3.05) is 13.1 Å². The fourth-order valence-corrected chi connectivity index (χ4v) is 6.35. The summed E-state index contributed by atoms with van der Waals surface area (Å²) >= 11 is 5.97. The van der Waals surface area contributed by atoms with E-state index in [1.165, 1.54) is 6.07 Å². The summed E-state index contributed by atoms with van der Waals surface area (Å²) < 4.78 is 61.2. The molecule has 0 bridgehead atoms. The number of ether oxygens (including phenoxy) is 2. The lowest BCUT2D eigenvalue weighted by atomic mass is 9.88. The van der Waals surface area contributed by atoms with E-state index in [1.54, 1.807) is 43.5 Å². The molecule has 16 heteroatoms. The van der Waals surface area contributed by atoms with Gasteiger partial charge in [0, 0.05) is 29.3 Å². The van der Waals surface area contributed by atoms with Gasteiger partial charge in [0.05, 0.1) is 41.4 Å². The number of aromatic carboxylic acids is 1. The van der Waals surface area contributed by atoms with Crippen LogP contribution in [-0.4, -0.2) is 66.1 Å². The van der Waals surface area contributed by atoms with Gasteiger partial charge < -0.3 is 24.3 Å². The van der Waals surface area contributed by atoms with Gasteiger partial charge in [-0.3, -0.25) is 10.00 Å². The first kappa shape index (κ1) is 34.7. The average Bonchev–Trinajstić information content (AvgIpc) is 3.79. The smallest absolute Gasteiger partial charge is 0.478 e. The van der Waals surface area contributed by atoms with Gasteiger partial charge in [0.1, 0.15) is 11.6 Å². The summed E-state index contributed by atoms with van der Waals surface area (Å²) in [7, 11) is 0. The zero-order valence-electron chi connectivity index (χ0n) is 26.4. The number of aliphatic carboxylic acids is 1. The van der Waals surface area contributed by atoms with E-state index in [1.807, 2.05) is 18.3 Å².